The predicted octanol–water partition coefficient (Wildman–Crippen LogP) is 7.29. The Hall–Kier alpha value is -2.48. The van der Waals surface area contributed by atoms with Gasteiger partial charge in [0.05, 0.1) is 0 Å². The minimum atomic E-state index is 1.09. The molecule has 0 aliphatic carbocycles. The number of aryl methyl sites for hydroxylation is 1. The van der Waals surface area contributed by atoms with Crippen molar-refractivity contribution in [1.82, 2.24) is 0 Å². The molecule has 0 saturated carbocycles. The van der Waals surface area contributed by atoms with Crippen LogP contribution in [0.1, 0.15) is 40.2 Å². The van der Waals surface area contributed by atoms with Gasteiger partial charge in [-0.1, -0.05) is 43.7 Å². The second-order valence-electron chi connectivity index (χ2n) is 5.07. The van der Waals surface area contributed by atoms with Gasteiger partial charge in [0.15, 0.2) is 0 Å². The van der Waals surface area contributed by atoms with Gasteiger partial charge in [-0.2, -0.15) is 0 Å². The Balaban J connectivity index is 0.000000952. The van der Waals surface area contributed by atoms with Crippen molar-refractivity contribution in [3.8, 4) is 0 Å². The van der Waals surface area contributed by atoms with E-state index in [4.69, 9.17) is 0 Å². The standard InChI is InChI=1S/C17H20N2.C3H6.C2H6/c1-4-14(3)18-15-9-11-17(12-10-15)19-16-7-5-13(2)6-8-16;1-3-2;1-2/h4-12,18-19H,1-3H3;3H,1H2,2H3;1-2H3/b14-4+;;. The first-order chi connectivity index (χ1) is 11.6. The fourth-order valence-electron chi connectivity index (χ4n) is 1.74. The van der Waals surface area contributed by atoms with Crippen LogP contribution in [0, 0.1) is 6.92 Å². The van der Waals surface area contributed by atoms with Gasteiger partial charge in [0.1, 0.15) is 0 Å². The van der Waals surface area contributed by atoms with Gasteiger partial charge in [-0.3, -0.25) is 0 Å². The summed E-state index contributed by atoms with van der Waals surface area (Å²) < 4.78 is 0. The predicted molar refractivity (Wildman–Crippen MR) is 111 cm³/mol. The lowest BCUT2D eigenvalue weighted by Crippen LogP contribution is -1.95. The zero-order valence-electron chi connectivity index (χ0n) is 16.0. The number of hydrogen-bond acceptors (Lipinski definition) is 2. The maximum atomic E-state index is 3.38. The third-order valence-corrected chi connectivity index (χ3v) is 3.00. The number of benzene rings is 2. The second-order valence-corrected chi connectivity index (χ2v) is 5.07. The van der Waals surface area contributed by atoms with Gasteiger partial charge in [0.2, 0.25) is 0 Å². The summed E-state index contributed by atoms with van der Waals surface area (Å²) in [4.78, 5) is 0. The van der Waals surface area contributed by atoms with Gasteiger partial charge >= 0.3 is 0 Å². The third kappa shape index (κ3) is 8.84. The molecule has 0 unspecified atom stereocenters. The number of rotatable bonds is 4. The van der Waals surface area contributed by atoms with Crippen LogP contribution in [0.3, 0.4) is 0 Å². The average Bonchev–Trinajstić information content (AvgIpc) is 2.61. The Kier molecular flexibility index (Phi) is 11.7. The minimum absolute atomic E-state index is 1.09. The van der Waals surface area contributed by atoms with E-state index in [1.165, 1.54) is 5.56 Å². The van der Waals surface area contributed by atoms with Crippen LogP contribution in [-0.4, -0.2) is 0 Å². The summed E-state index contributed by atoms with van der Waals surface area (Å²) >= 11 is 0. The Morgan fingerprint density at radius 3 is 1.62 bits per heavy atom. The largest absolute Gasteiger partial charge is 0.359 e. The zero-order valence-corrected chi connectivity index (χ0v) is 16.0. The highest BCUT2D eigenvalue weighted by atomic mass is 14.9. The highest BCUT2D eigenvalue weighted by Gasteiger charge is 1.96. The van der Waals surface area contributed by atoms with E-state index in [1.54, 1.807) is 6.08 Å². The molecule has 0 heterocycles. The van der Waals surface area contributed by atoms with Crippen LogP contribution in [0.25, 0.3) is 0 Å². The molecule has 0 atom stereocenters. The Morgan fingerprint density at radius 2 is 1.21 bits per heavy atom. The molecule has 0 aromatic heterocycles. The summed E-state index contributed by atoms with van der Waals surface area (Å²) in [6.07, 6.45) is 3.80. The van der Waals surface area contributed by atoms with E-state index in [1.807, 2.05) is 27.7 Å². The summed E-state index contributed by atoms with van der Waals surface area (Å²) in [5, 5.41) is 6.71. The van der Waals surface area contributed by atoms with Gasteiger partial charge < -0.3 is 10.6 Å². The Morgan fingerprint density at radius 1 is 0.833 bits per heavy atom. The lowest BCUT2D eigenvalue weighted by Gasteiger charge is -2.09. The molecule has 0 amide bonds. The van der Waals surface area contributed by atoms with E-state index in [2.05, 4.69) is 85.7 Å². The monoisotopic (exact) mass is 324 g/mol. The topological polar surface area (TPSA) is 24.1 Å². The summed E-state index contributed by atoms with van der Waals surface area (Å²) in [6, 6.07) is 16.7. The summed E-state index contributed by atoms with van der Waals surface area (Å²) in [6.45, 7) is 15.4. The molecular weight excluding hydrogens is 292 g/mol. The number of allylic oxidation sites excluding steroid dienone is 3. The zero-order chi connectivity index (χ0) is 18.4. The molecular formula is C22H32N2. The Labute approximate surface area is 148 Å². The van der Waals surface area contributed by atoms with Crippen molar-refractivity contribution in [3.05, 3.63) is 78.5 Å². The molecule has 2 nitrogen and oxygen atoms in total. The van der Waals surface area contributed by atoms with Crippen molar-refractivity contribution in [3.63, 3.8) is 0 Å². The van der Waals surface area contributed by atoms with Gasteiger partial charge in [0.25, 0.3) is 0 Å². The van der Waals surface area contributed by atoms with E-state index in [-0.39, 0.29) is 0 Å². The molecule has 0 fully saturated rings. The average molecular weight is 325 g/mol. The van der Waals surface area contributed by atoms with E-state index in [0.717, 1.165) is 22.8 Å². The molecule has 0 saturated heterocycles. The van der Waals surface area contributed by atoms with Crippen molar-refractivity contribution >= 4 is 17.1 Å². The van der Waals surface area contributed by atoms with Crippen molar-refractivity contribution < 1.29 is 0 Å². The normalized spacial score (nSPS) is 9.67. The lowest BCUT2D eigenvalue weighted by molar-refractivity contribution is 1.35. The van der Waals surface area contributed by atoms with Crippen LogP contribution in [0.4, 0.5) is 17.1 Å². The van der Waals surface area contributed by atoms with Crippen molar-refractivity contribution in [2.45, 2.75) is 41.5 Å². The first kappa shape index (κ1) is 21.5. The van der Waals surface area contributed by atoms with Crippen molar-refractivity contribution in [1.29, 1.82) is 0 Å². The molecule has 24 heavy (non-hydrogen) atoms. The van der Waals surface area contributed by atoms with Crippen LogP contribution in [-0.2, 0) is 0 Å². The second kappa shape index (κ2) is 13.0. The van der Waals surface area contributed by atoms with Gasteiger partial charge in [-0.25, -0.2) is 0 Å². The lowest BCUT2D eigenvalue weighted by atomic mass is 10.2. The molecule has 2 aromatic carbocycles. The van der Waals surface area contributed by atoms with Gasteiger partial charge in [-0.15, -0.1) is 6.58 Å². The van der Waals surface area contributed by atoms with Gasteiger partial charge in [0, 0.05) is 22.8 Å². The van der Waals surface area contributed by atoms with E-state index in [9.17, 15) is 0 Å². The molecule has 0 spiro atoms. The molecule has 0 bridgehead atoms. The van der Waals surface area contributed by atoms with Crippen LogP contribution in [0.15, 0.2) is 73.0 Å². The molecule has 0 aliphatic heterocycles. The number of nitrogens with one attached hydrogen (secondary N) is 2. The van der Waals surface area contributed by atoms with Gasteiger partial charge in [-0.05, 0) is 64.1 Å². The van der Waals surface area contributed by atoms with Crippen LogP contribution in [0.5, 0.6) is 0 Å². The summed E-state index contributed by atoms with van der Waals surface area (Å²) in [5.74, 6) is 0. The SMILES string of the molecule is C/C=C(\C)Nc1ccc(Nc2ccc(C)cc2)cc1.C=CC.CC. The minimum Gasteiger partial charge on any atom is -0.359 e. The molecule has 2 aromatic rings. The first-order valence-corrected chi connectivity index (χ1v) is 8.49. The van der Waals surface area contributed by atoms with E-state index >= 15 is 0 Å². The molecule has 0 aliphatic rings. The molecule has 2 heteroatoms. The van der Waals surface area contributed by atoms with E-state index in [0.29, 0.717) is 0 Å². The van der Waals surface area contributed by atoms with E-state index < -0.39 is 0 Å². The highest BCUT2D eigenvalue weighted by Crippen LogP contribution is 2.19. The van der Waals surface area contributed by atoms with Crippen LogP contribution < -0.4 is 10.6 Å². The van der Waals surface area contributed by atoms with Crippen molar-refractivity contribution in [2.75, 3.05) is 10.6 Å². The maximum absolute atomic E-state index is 3.38. The summed E-state index contributed by atoms with van der Waals surface area (Å²) in [5.41, 5.74) is 5.72. The smallest absolute Gasteiger partial charge is 0.0385 e. The van der Waals surface area contributed by atoms with Crippen molar-refractivity contribution in [2.24, 2.45) is 0 Å². The Bertz CT molecular complexity index is 593. The highest BCUT2D eigenvalue weighted by molar-refractivity contribution is 5.63. The van der Waals surface area contributed by atoms with Crippen LogP contribution >= 0.6 is 0 Å². The van der Waals surface area contributed by atoms with Crippen LogP contribution in [0.2, 0.25) is 0 Å². The summed E-state index contributed by atoms with van der Waals surface area (Å²) in [7, 11) is 0. The quantitative estimate of drug-likeness (QED) is 0.577. The maximum Gasteiger partial charge on any atom is 0.0385 e. The first-order valence-electron chi connectivity index (χ1n) is 8.49. The number of anilines is 3. The molecule has 2 rings (SSSR count). The molecule has 2 N–H and O–H groups in total. The molecule has 0 radical (unpaired) electrons. The fourth-order valence-corrected chi connectivity index (χ4v) is 1.74. The number of hydrogen-bond donors (Lipinski definition) is 2. The fraction of sp³-hybridized carbons (Fsp3) is 0.273. The third-order valence-electron chi connectivity index (χ3n) is 3.00. The molecule has 130 valence electrons.